The fraction of sp³-hybridized carbons (Fsp3) is 0. The summed E-state index contributed by atoms with van der Waals surface area (Å²) in [5, 5.41) is 12.2. The summed E-state index contributed by atoms with van der Waals surface area (Å²) >= 11 is 0. The molecule has 1 aromatic heterocycles. The Balaban J connectivity index is 1.30. The second kappa shape index (κ2) is 10.2. The Morgan fingerprint density at radius 1 is 0.255 bits per heavy atom. The van der Waals surface area contributed by atoms with Gasteiger partial charge in [-0.2, -0.15) is 0 Å². The van der Waals surface area contributed by atoms with Gasteiger partial charge in [0, 0.05) is 21.9 Å². The van der Waals surface area contributed by atoms with Gasteiger partial charge in [-0.25, -0.2) is 0 Å². The zero-order chi connectivity index (χ0) is 30.9. The Bertz CT molecular complexity index is 2790. The second-order valence-electron chi connectivity index (χ2n) is 12.4. The summed E-state index contributed by atoms with van der Waals surface area (Å²) in [5.41, 5.74) is 9.19. The van der Waals surface area contributed by atoms with Gasteiger partial charge in [0.15, 0.2) is 0 Å². The summed E-state index contributed by atoms with van der Waals surface area (Å²) in [7, 11) is 0. The lowest BCUT2D eigenvalue weighted by atomic mass is 9.83. The SMILES string of the molecule is c1ccc2c(-c3ccc(-c4c5ccccc5c(-c5cccc6c5oc5ccccc56)c5ccccc45)c4ccccc34)cccc2c1. The van der Waals surface area contributed by atoms with Gasteiger partial charge >= 0.3 is 0 Å². The number of furan rings is 1. The van der Waals surface area contributed by atoms with E-state index in [2.05, 4.69) is 164 Å². The van der Waals surface area contributed by atoms with Crippen molar-refractivity contribution < 1.29 is 4.42 Å². The molecule has 218 valence electrons. The van der Waals surface area contributed by atoms with Gasteiger partial charge in [0.25, 0.3) is 0 Å². The van der Waals surface area contributed by atoms with Gasteiger partial charge in [0.2, 0.25) is 0 Å². The first-order valence-electron chi connectivity index (χ1n) is 16.2. The van der Waals surface area contributed by atoms with Crippen molar-refractivity contribution in [2.24, 2.45) is 0 Å². The Kier molecular flexibility index (Phi) is 5.64. The van der Waals surface area contributed by atoms with Crippen molar-refractivity contribution in [3.05, 3.63) is 170 Å². The topological polar surface area (TPSA) is 13.1 Å². The quantitative estimate of drug-likeness (QED) is 0.185. The molecule has 0 N–H and O–H groups in total. The first-order valence-corrected chi connectivity index (χ1v) is 16.2. The summed E-state index contributed by atoms with van der Waals surface area (Å²) in [6.07, 6.45) is 0. The maximum Gasteiger partial charge on any atom is 0.143 e. The van der Waals surface area contributed by atoms with Gasteiger partial charge in [-0.1, -0.05) is 164 Å². The van der Waals surface area contributed by atoms with Crippen LogP contribution in [0.15, 0.2) is 174 Å². The van der Waals surface area contributed by atoms with Gasteiger partial charge in [-0.3, -0.25) is 0 Å². The van der Waals surface area contributed by atoms with Crippen LogP contribution in [0.2, 0.25) is 0 Å². The van der Waals surface area contributed by atoms with Crippen molar-refractivity contribution in [1.82, 2.24) is 0 Å². The Morgan fingerprint density at radius 3 is 1.38 bits per heavy atom. The molecule has 10 rings (SSSR count). The molecule has 0 fully saturated rings. The van der Waals surface area contributed by atoms with E-state index in [0.717, 1.165) is 27.5 Å². The number of rotatable bonds is 3. The summed E-state index contributed by atoms with van der Waals surface area (Å²) < 4.78 is 6.59. The predicted molar refractivity (Wildman–Crippen MR) is 200 cm³/mol. The van der Waals surface area contributed by atoms with Crippen LogP contribution in [0.4, 0.5) is 0 Å². The van der Waals surface area contributed by atoms with E-state index >= 15 is 0 Å². The molecule has 0 bridgehead atoms. The number of fused-ring (bicyclic) bond motifs is 7. The monoisotopic (exact) mass is 596 g/mol. The van der Waals surface area contributed by atoms with Gasteiger partial charge in [-0.15, -0.1) is 0 Å². The molecule has 0 spiro atoms. The first kappa shape index (κ1) is 26.1. The molecule has 1 nitrogen and oxygen atoms in total. The highest BCUT2D eigenvalue weighted by atomic mass is 16.3. The first-order chi connectivity index (χ1) is 23.3. The van der Waals surface area contributed by atoms with E-state index in [4.69, 9.17) is 4.42 Å². The number of para-hydroxylation sites is 2. The number of hydrogen-bond acceptors (Lipinski definition) is 1. The summed E-state index contributed by atoms with van der Waals surface area (Å²) in [4.78, 5) is 0. The zero-order valence-electron chi connectivity index (χ0n) is 25.6. The van der Waals surface area contributed by atoms with Gasteiger partial charge in [0.05, 0.1) is 0 Å². The third-order valence-electron chi connectivity index (χ3n) is 9.88. The minimum absolute atomic E-state index is 0.915. The minimum atomic E-state index is 0.915. The standard InChI is InChI=1S/C46H28O/c1-2-15-30-29(13-1)14-11-23-31(30)34-27-28-40(33-17-4-3-16-32(33)34)44-36-19-5-7-21-38(36)45(39-22-8-6-20-37(39)44)42-25-12-24-41-35-18-9-10-26-43(35)47-46(41)42/h1-28H. The molecule has 0 amide bonds. The van der Waals surface area contributed by atoms with Crippen LogP contribution in [0, 0.1) is 0 Å². The van der Waals surface area contributed by atoms with Crippen LogP contribution in [-0.4, -0.2) is 0 Å². The van der Waals surface area contributed by atoms with Crippen molar-refractivity contribution in [2.75, 3.05) is 0 Å². The summed E-state index contributed by atoms with van der Waals surface area (Å²) in [6, 6.07) is 61.5. The molecule has 0 atom stereocenters. The zero-order valence-corrected chi connectivity index (χ0v) is 25.6. The molecule has 9 aromatic carbocycles. The molecule has 0 saturated carbocycles. The molecule has 0 saturated heterocycles. The summed E-state index contributed by atoms with van der Waals surface area (Å²) in [5.74, 6) is 0. The lowest BCUT2D eigenvalue weighted by Gasteiger charge is -2.20. The third-order valence-corrected chi connectivity index (χ3v) is 9.88. The van der Waals surface area contributed by atoms with Crippen molar-refractivity contribution in [3.8, 4) is 33.4 Å². The van der Waals surface area contributed by atoms with Crippen molar-refractivity contribution in [3.63, 3.8) is 0 Å². The molecule has 1 heteroatoms. The maximum absolute atomic E-state index is 6.59. The highest BCUT2D eigenvalue weighted by molar-refractivity contribution is 6.26. The van der Waals surface area contributed by atoms with E-state index in [1.807, 2.05) is 6.07 Å². The Morgan fingerprint density at radius 2 is 0.681 bits per heavy atom. The molecule has 0 radical (unpaired) electrons. The average molecular weight is 597 g/mol. The van der Waals surface area contributed by atoms with Crippen LogP contribution in [0.5, 0.6) is 0 Å². The highest BCUT2D eigenvalue weighted by Gasteiger charge is 2.21. The molecule has 0 aliphatic carbocycles. The van der Waals surface area contributed by atoms with E-state index in [-0.39, 0.29) is 0 Å². The lowest BCUT2D eigenvalue weighted by molar-refractivity contribution is 0.670. The molecule has 0 aliphatic heterocycles. The number of hydrogen-bond donors (Lipinski definition) is 0. The highest BCUT2D eigenvalue weighted by Crippen LogP contribution is 2.48. The van der Waals surface area contributed by atoms with Gasteiger partial charge in [-0.05, 0) is 71.4 Å². The smallest absolute Gasteiger partial charge is 0.143 e. The molecular formula is C46H28O. The van der Waals surface area contributed by atoms with Crippen molar-refractivity contribution in [1.29, 1.82) is 0 Å². The van der Waals surface area contributed by atoms with Crippen LogP contribution in [0.3, 0.4) is 0 Å². The van der Waals surface area contributed by atoms with E-state index in [1.54, 1.807) is 0 Å². The maximum atomic E-state index is 6.59. The normalized spacial score (nSPS) is 11.8. The average Bonchev–Trinajstić information content (AvgIpc) is 3.53. The van der Waals surface area contributed by atoms with E-state index in [9.17, 15) is 0 Å². The molecule has 0 aliphatic rings. The van der Waals surface area contributed by atoms with Crippen molar-refractivity contribution >= 4 is 65.0 Å². The fourth-order valence-electron chi connectivity index (χ4n) is 7.87. The largest absolute Gasteiger partial charge is 0.455 e. The van der Waals surface area contributed by atoms with E-state index in [0.29, 0.717) is 0 Å². The van der Waals surface area contributed by atoms with Crippen LogP contribution < -0.4 is 0 Å². The molecule has 0 unspecified atom stereocenters. The van der Waals surface area contributed by atoms with Crippen LogP contribution in [0.25, 0.3) is 98.4 Å². The molecule has 10 aromatic rings. The van der Waals surface area contributed by atoms with Crippen LogP contribution in [0.1, 0.15) is 0 Å². The van der Waals surface area contributed by atoms with Gasteiger partial charge in [0.1, 0.15) is 11.2 Å². The molecule has 1 heterocycles. The third kappa shape index (κ3) is 3.84. The fourth-order valence-corrected chi connectivity index (χ4v) is 7.87. The Hall–Kier alpha value is -6.18. The minimum Gasteiger partial charge on any atom is -0.455 e. The number of benzene rings is 9. The second-order valence-corrected chi connectivity index (χ2v) is 12.4. The lowest BCUT2D eigenvalue weighted by Crippen LogP contribution is -1.93. The van der Waals surface area contributed by atoms with E-state index in [1.165, 1.54) is 70.9 Å². The predicted octanol–water partition coefficient (Wildman–Crippen LogP) is 13.2. The van der Waals surface area contributed by atoms with Crippen molar-refractivity contribution in [2.45, 2.75) is 0 Å². The van der Waals surface area contributed by atoms with E-state index < -0.39 is 0 Å². The molecule has 47 heavy (non-hydrogen) atoms. The summed E-state index contributed by atoms with van der Waals surface area (Å²) in [6.45, 7) is 0. The molecular weight excluding hydrogens is 569 g/mol. The van der Waals surface area contributed by atoms with Gasteiger partial charge < -0.3 is 4.42 Å². The van der Waals surface area contributed by atoms with Crippen LogP contribution >= 0.6 is 0 Å². The Labute approximate surface area is 271 Å². The van der Waals surface area contributed by atoms with Crippen LogP contribution in [-0.2, 0) is 0 Å².